The van der Waals surface area contributed by atoms with Crippen LogP contribution in [0.5, 0.6) is 11.5 Å². The zero-order valence-electron chi connectivity index (χ0n) is 11.5. The maximum atomic E-state index is 6.61. The van der Waals surface area contributed by atoms with Crippen molar-refractivity contribution >= 4 is 27.5 Å². The first kappa shape index (κ1) is 14.5. The van der Waals surface area contributed by atoms with Gasteiger partial charge < -0.3 is 9.47 Å². The minimum atomic E-state index is 0.0424. The minimum absolute atomic E-state index is 0.0424. The van der Waals surface area contributed by atoms with E-state index in [0.29, 0.717) is 13.2 Å². The van der Waals surface area contributed by atoms with Gasteiger partial charge in [-0.1, -0.05) is 41.6 Å². The van der Waals surface area contributed by atoms with Crippen LogP contribution >= 0.6 is 27.5 Å². The molecule has 0 amide bonds. The molecule has 3 rings (SSSR count). The smallest absolute Gasteiger partial charge is 0.162 e. The number of rotatable bonds is 4. The van der Waals surface area contributed by atoms with E-state index in [1.54, 1.807) is 0 Å². The number of ether oxygens (including phenoxy) is 2. The summed E-state index contributed by atoms with van der Waals surface area (Å²) in [6.07, 6.45) is 7.81. The Morgan fingerprint density at radius 3 is 2.50 bits per heavy atom. The fourth-order valence-corrected chi connectivity index (χ4v) is 4.19. The van der Waals surface area contributed by atoms with Gasteiger partial charge in [0.25, 0.3) is 0 Å². The highest BCUT2D eigenvalue weighted by molar-refractivity contribution is 9.10. The molecule has 1 atom stereocenters. The van der Waals surface area contributed by atoms with E-state index in [1.807, 2.05) is 12.1 Å². The van der Waals surface area contributed by atoms with Gasteiger partial charge in [-0.25, -0.2) is 0 Å². The second-order valence-electron chi connectivity index (χ2n) is 5.71. The molecule has 1 aliphatic carbocycles. The summed E-state index contributed by atoms with van der Waals surface area (Å²) in [6, 6.07) is 4.01. The van der Waals surface area contributed by atoms with Gasteiger partial charge in [0.2, 0.25) is 0 Å². The molecule has 20 heavy (non-hydrogen) atoms. The van der Waals surface area contributed by atoms with Crippen LogP contribution in [0, 0.1) is 5.92 Å². The molecule has 1 aromatic rings. The van der Waals surface area contributed by atoms with Gasteiger partial charge in [0.1, 0.15) is 13.2 Å². The van der Waals surface area contributed by atoms with Crippen LogP contribution in [0.25, 0.3) is 0 Å². The summed E-state index contributed by atoms with van der Waals surface area (Å²) < 4.78 is 12.2. The van der Waals surface area contributed by atoms with E-state index < -0.39 is 0 Å². The summed E-state index contributed by atoms with van der Waals surface area (Å²) in [7, 11) is 0. The van der Waals surface area contributed by atoms with Gasteiger partial charge in [0.05, 0.1) is 5.38 Å². The first-order chi connectivity index (χ1) is 9.74. The van der Waals surface area contributed by atoms with Crippen molar-refractivity contribution in [2.24, 2.45) is 5.92 Å². The van der Waals surface area contributed by atoms with E-state index >= 15 is 0 Å². The lowest BCUT2D eigenvalue weighted by atomic mass is 9.98. The highest BCUT2D eigenvalue weighted by Gasteiger charge is 2.21. The number of alkyl halides is 1. The van der Waals surface area contributed by atoms with Crippen molar-refractivity contribution in [3.63, 3.8) is 0 Å². The van der Waals surface area contributed by atoms with Crippen molar-refractivity contribution in [2.45, 2.75) is 43.9 Å². The second kappa shape index (κ2) is 6.57. The molecule has 1 unspecified atom stereocenters. The fourth-order valence-electron chi connectivity index (χ4n) is 3.16. The Balaban J connectivity index is 1.68. The Morgan fingerprint density at radius 2 is 1.80 bits per heavy atom. The largest absolute Gasteiger partial charge is 0.486 e. The first-order valence-electron chi connectivity index (χ1n) is 7.47. The molecule has 0 aromatic heterocycles. The summed E-state index contributed by atoms with van der Waals surface area (Å²) in [5.41, 5.74) is 1.12. The van der Waals surface area contributed by atoms with Crippen molar-refractivity contribution in [1.29, 1.82) is 0 Å². The van der Waals surface area contributed by atoms with Crippen LogP contribution in [0.1, 0.15) is 49.5 Å². The molecule has 110 valence electrons. The van der Waals surface area contributed by atoms with E-state index in [9.17, 15) is 0 Å². The van der Waals surface area contributed by atoms with Crippen LogP contribution in [-0.4, -0.2) is 13.2 Å². The van der Waals surface area contributed by atoms with E-state index in [2.05, 4.69) is 15.9 Å². The summed E-state index contributed by atoms with van der Waals surface area (Å²) >= 11 is 10.2. The summed E-state index contributed by atoms with van der Waals surface area (Å²) in [5.74, 6) is 2.51. The third-order valence-corrected chi connectivity index (χ3v) is 5.44. The molecule has 1 aromatic carbocycles. The normalized spacial score (nSPS) is 20.1. The molecule has 1 fully saturated rings. The van der Waals surface area contributed by atoms with Gasteiger partial charge >= 0.3 is 0 Å². The molecule has 2 aliphatic rings. The molecule has 0 bridgehead atoms. The molecule has 0 radical (unpaired) electrons. The summed E-state index contributed by atoms with van der Waals surface area (Å²) in [6.45, 7) is 1.23. The molecule has 1 heterocycles. The Kier molecular flexibility index (Phi) is 4.77. The lowest BCUT2D eigenvalue weighted by Gasteiger charge is -2.21. The van der Waals surface area contributed by atoms with Gasteiger partial charge in [-0.15, -0.1) is 11.6 Å². The predicted octanol–water partition coefficient (Wildman–Crippen LogP) is 5.47. The van der Waals surface area contributed by atoms with E-state index in [-0.39, 0.29) is 5.38 Å². The van der Waals surface area contributed by atoms with E-state index in [4.69, 9.17) is 21.1 Å². The number of fused-ring (bicyclic) bond motifs is 1. The van der Waals surface area contributed by atoms with Crippen molar-refractivity contribution in [2.75, 3.05) is 13.2 Å². The predicted molar refractivity (Wildman–Crippen MR) is 84.9 cm³/mol. The van der Waals surface area contributed by atoms with Crippen LogP contribution in [0.2, 0.25) is 0 Å². The van der Waals surface area contributed by atoms with Crippen molar-refractivity contribution in [3.8, 4) is 11.5 Å². The molecule has 0 N–H and O–H groups in total. The van der Waals surface area contributed by atoms with Crippen LogP contribution < -0.4 is 9.47 Å². The average Bonchev–Trinajstić information content (AvgIpc) is 2.97. The van der Waals surface area contributed by atoms with Crippen LogP contribution in [0.4, 0.5) is 0 Å². The SMILES string of the molecule is ClC(CCC1CCCC1)c1cc2c(cc1Br)OCCO2. The highest BCUT2D eigenvalue weighted by Crippen LogP contribution is 2.42. The molecular weight excluding hydrogens is 340 g/mol. The van der Waals surface area contributed by atoms with Crippen LogP contribution in [-0.2, 0) is 0 Å². The van der Waals surface area contributed by atoms with Crippen molar-refractivity contribution in [1.82, 2.24) is 0 Å². The van der Waals surface area contributed by atoms with Gasteiger partial charge in [-0.3, -0.25) is 0 Å². The molecule has 0 saturated heterocycles. The van der Waals surface area contributed by atoms with Gasteiger partial charge in [-0.2, -0.15) is 0 Å². The third kappa shape index (κ3) is 3.25. The molecule has 0 spiro atoms. The van der Waals surface area contributed by atoms with Gasteiger partial charge in [0.15, 0.2) is 11.5 Å². The van der Waals surface area contributed by atoms with Crippen LogP contribution in [0.15, 0.2) is 16.6 Å². The quantitative estimate of drug-likeness (QED) is 0.664. The Bertz CT molecular complexity index is 472. The Morgan fingerprint density at radius 1 is 1.15 bits per heavy atom. The lowest BCUT2D eigenvalue weighted by molar-refractivity contribution is 0.171. The molecular formula is C16H20BrClO2. The Labute approximate surface area is 133 Å². The number of hydrogen-bond acceptors (Lipinski definition) is 2. The number of benzene rings is 1. The Hall–Kier alpha value is -0.410. The van der Waals surface area contributed by atoms with Gasteiger partial charge in [-0.05, 0) is 36.5 Å². The van der Waals surface area contributed by atoms with Crippen LogP contribution in [0.3, 0.4) is 0 Å². The molecule has 1 saturated carbocycles. The van der Waals surface area contributed by atoms with Gasteiger partial charge in [0, 0.05) is 4.47 Å². The highest BCUT2D eigenvalue weighted by atomic mass is 79.9. The zero-order chi connectivity index (χ0) is 13.9. The standard InChI is InChI=1S/C16H20BrClO2/c17-13-10-16-15(19-7-8-20-16)9-12(13)14(18)6-5-11-3-1-2-4-11/h9-11,14H,1-8H2. The lowest BCUT2D eigenvalue weighted by Crippen LogP contribution is -2.15. The fraction of sp³-hybridized carbons (Fsp3) is 0.625. The first-order valence-corrected chi connectivity index (χ1v) is 8.70. The zero-order valence-corrected chi connectivity index (χ0v) is 13.9. The summed E-state index contributed by atoms with van der Waals surface area (Å²) in [5, 5.41) is 0.0424. The molecule has 1 aliphatic heterocycles. The third-order valence-electron chi connectivity index (χ3n) is 4.30. The summed E-state index contributed by atoms with van der Waals surface area (Å²) in [4.78, 5) is 0. The minimum Gasteiger partial charge on any atom is -0.486 e. The number of halogens is 2. The maximum Gasteiger partial charge on any atom is 0.162 e. The van der Waals surface area contributed by atoms with E-state index in [0.717, 1.165) is 33.9 Å². The van der Waals surface area contributed by atoms with Crippen molar-refractivity contribution in [3.05, 3.63) is 22.2 Å². The van der Waals surface area contributed by atoms with E-state index in [1.165, 1.54) is 32.1 Å². The van der Waals surface area contributed by atoms with Crippen molar-refractivity contribution < 1.29 is 9.47 Å². The monoisotopic (exact) mass is 358 g/mol. The topological polar surface area (TPSA) is 18.5 Å². The molecule has 2 nitrogen and oxygen atoms in total. The maximum absolute atomic E-state index is 6.61. The number of hydrogen-bond donors (Lipinski definition) is 0. The molecule has 4 heteroatoms. The second-order valence-corrected chi connectivity index (χ2v) is 7.09. The average molecular weight is 360 g/mol.